The summed E-state index contributed by atoms with van der Waals surface area (Å²) in [5.74, 6) is 4.85. The van der Waals surface area contributed by atoms with E-state index in [9.17, 15) is 9.59 Å². The first-order valence-corrected chi connectivity index (χ1v) is 6.78. The van der Waals surface area contributed by atoms with Gasteiger partial charge in [-0.05, 0) is 44.5 Å². The lowest BCUT2D eigenvalue weighted by molar-refractivity contribution is -0.122. The molecule has 1 unspecified atom stereocenters. The zero-order valence-corrected chi connectivity index (χ0v) is 12.5. The fourth-order valence-corrected chi connectivity index (χ4v) is 1.75. The van der Waals surface area contributed by atoms with Crippen molar-refractivity contribution in [3.8, 4) is 11.8 Å². The first-order valence-electron chi connectivity index (χ1n) is 6.78. The summed E-state index contributed by atoms with van der Waals surface area (Å²) in [7, 11) is 0. The lowest BCUT2D eigenvalue weighted by Crippen LogP contribution is -2.44. The smallest absolute Gasteiger partial charge is 0.251 e. The van der Waals surface area contributed by atoms with E-state index in [0.29, 0.717) is 12.1 Å². The Morgan fingerprint density at radius 2 is 2.10 bits per heavy atom. The molecule has 0 aliphatic rings. The van der Waals surface area contributed by atoms with Crippen LogP contribution in [0.2, 0.25) is 0 Å². The molecule has 21 heavy (non-hydrogen) atoms. The van der Waals surface area contributed by atoms with Gasteiger partial charge in [-0.25, -0.2) is 0 Å². The quantitative estimate of drug-likeness (QED) is 0.710. The van der Waals surface area contributed by atoms with E-state index in [1.807, 2.05) is 13.8 Å². The molecule has 1 aromatic rings. The molecule has 5 heteroatoms. The summed E-state index contributed by atoms with van der Waals surface area (Å²) in [4.78, 5) is 23.7. The predicted molar refractivity (Wildman–Crippen MR) is 80.8 cm³/mol. The van der Waals surface area contributed by atoms with Crippen LogP contribution in [0.1, 0.15) is 35.3 Å². The number of carbonyl (C=O) groups is 2. The Balaban J connectivity index is 2.80. The highest BCUT2D eigenvalue weighted by molar-refractivity contribution is 5.97. The highest BCUT2D eigenvalue weighted by Gasteiger charge is 2.16. The zero-order valence-electron chi connectivity index (χ0n) is 12.5. The van der Waals surface area contributed by atoms with E-state index in [4.69, 9.17) is 5.11 Å². The van der Waals surface area contributed by atoms with E-state index < -0.39 is 6.04 Å². The second-order valence-electron chi connectivity index (χ2n) is 4.58. The Bertz CT molecular complexity index is 585. The van der Waals surface area contributed by atoms with Crippen molar-refractivity contribution in [3.63, 3.8) is 0 Å². The number of benzene rings is 1. The highest BCUT2D eigenvalue weighted by Crippen LogP contribution is 2.10. The molecule has 1 atom stereocenters. The molecule has 0 radical (unpaired) electrons. The van der Waals surface area contributed by atoms with E-state index in [1.54, 1.807) is 25.1 Å². The third kappa shape index (κ3) is 4.93. The summed E-state index contributed by atoms with van der Waals surface area (Å²) < 4.78 is 0. The molecule has 0 saturated carbocycles. The molecule has 5 nitrogen and oxygen atoms in total. The lowest BCUT2D eigenvalue weighted by atomic mass is 10.0. The number of aliphatic hydroxyl groups excluding tert-OH is 1. The monoisotopic (exact) mass is 288 g/mol. The van der Waals surface area contributed by atoms with Crippen LogP contribution in [0.15, 0.2) is 18.2 Å². The van der Waals surface area contributed by atoms with Crippen molar-refractivity contribution in [3.05, 3.63) is 34.9 Å². The fraction of sp³-hybridized carbons (Fsp3) is 0.375. The number of amides is 2. The molecule has 0 saturated heterocycles. The Morgan fingerprint density at radius 1 is 1.38 bits per heavy atom. The molecule has 3 N–H and O–H groups in total. The first-order chi connectivity index (χ1) is 9.99. The van der Waals surface area contributed by atoms with Gasteiger partial charge in [0.05, 0.1) is 0 Å². The van der Waals surface area contributed by atoms with Crippen molar-refractivity contribution in [2.24, 2.45) is 0 Å². The Labute approximate surface area is 124 Å². The average Bonchev–Trinajstić information content (AvgIpc) is 2.46. The van der Waals surface area contributed by atoms with Gasteiger partial charge in [0.25, 0.3) is 5.91 Å². The summed E-state index contributed by atoms with van der Waals surface area (Å²) in [6.45, 7) is 5.62. The standard InChI is InChI=1S/C16H20N2O3/c1-4-17-15(20)12(3)18-16(21)14-8-7-13(6-5-9-19)11(2)10-14/h7-8,10,12,19H,4,9H2,1-3H3,(H,17,20)(H,18,21). The third-order valence-electron chi connectivity index (χ3n) is 2.88. The van der Waals surface area contributed by atoms with Crippen molar-refractivity contribution >= 4 is 11.8 Å². The van der Waals surface area contributed by atoms with E-state index in [-0.39, 0.29) is 18.4 Å². The largest absolute Gasteiger partial charge is 0.384 e. The third-order valence-corrected chi connectivity index (χ3v) is 2.88. The van der Waals surface area contributed by atoms with Crippen LogP contribution in [0, 0.1) is 18.8 Å². The Kier molecular flexibility index (Phi) is 6.44. The van der Waals surface area contributed by atoms with Gasteiger partial charge >= 0.3 is 0 Å². The van der Waals surface area contributed by atoms with Crippen LogP contribution >= 0.6 is 0 Å². The van der Waals surface area contributed by atoms with Crippen LogP contribution in [-0.4, -0.2) is 36.1 Å². The molecule has 1 aromatic carbocycles. The van der Waals surface area contributed by atoms with Gasteiger partial charge in [0, 0.05) is 17.7 Å². The maximum Gasteiger partial charge on any atom is 0.251 e. The summed E-state index contributed by atoms with van der Waals surface area (Å²) in [6.07, 6.45) is 0. The van der Waals surface area contributed by atoms with Gasteiger partial charge in [0.1, 0.15) is 12.6 Å². The molecule has 112 valence electrons. The van der Waals surface area contributed by atoms with Crippen LogP contribution in [0.5, 0.6) is 0 Å². The topological polar surface area (TPSA) is 78.4 Å². The molecular formula is C16H20N2O3. The Morgan fingerprint density at radius 3 is 2.67 bits per heavy atom. The van der Waals surface area contributed by atoms with Gasteiger partial charge in [0.2, 0.25) is 5.91 Å². The van der Waals surface area contributed by atoms with Gasteiger partial charge in [-0.1, -0.05) is 11.8 Å². The minimum absolute atomic E-state index is 0.203. The van der Waals surface area contributed by atoms with E-state index in [0.717, 1.165) is 11.1 Å². The van der Waals surface area contributed by atoms with Crippen LogP contribution in [0.3, 0.4) is 0 Å². The van der Waals surface area contributed by atoms with Crippen molar-refractivity contribution < 1.29 is 14.7 Å². The van der Waals surface area contributed by atoms with Crippen molar-refractivity contribution in [2.75, 3.05) is 13.2 Å². The normalized spacial score (nSPS) is 11.0. The summed E-state index contributed by atoms with van der Waals surface area (Å²) in [5.41, 5.74) is 2.07. The lowest BCUT2D eigenvalue weighted by Gasteiger charge is -2.13. The number of nitrogens with one attached hydrogen (secondary N) is 2. The van der Waals surface area contributed by atoms with E-state index in [2.05, 4.69) is 22.5 Å². The van der Waals surface area contributed by atoms with Gasteiger partial charge in [-0.15, -0.1) is 0 Å². The molecule has 0 spiro atoms. The van der Waals surface area contributed by atoms with Crippen LogP contribution in [-0.2, 0) is 4.79 Å². The van der Waals surface area contributed by atoms with Crippen molar-refractivity contribution in [1.29, 1.82) is 0 Å². The van der Waals surface area contributed by atoms with Crippen molar-refractivity contribution in [2.45, 2.75) is 26.8 Å². The predicted octanol–water partition coefficient (Wildman–Crippen LogP) is 0.593. The number of aliphatic hydroxyl groups is 1. The summed E-state index contributed by atoms with van der Waals surface area (Å²) >= 11 is 0. The second-order valence-corrected chi connectivity index (χ2v) is 4.58. The molecule has 0 heterocycles. The molecule has 0 aliphatic heterocycles. The zero-order chi connectivity index (χ0) is 15.8. The SMILES string of the molecule is CCNC(=O)C(C)NC(=O)c1ccc(C#CCO)c(C)c1. The molecular weight excluding hydrogens is 268 g/mol. The molecule has 0 fully saturated rings. The van der Waals surface area contributed by atoms with Gasteiger partial charge in [-0.3, -0.25) is 9.59 Å². The van der Waals surface area contributed by atoms with Crippen LogP contribution in [0.4, 0.5) is 0 Å². The fourth-order valence-electron chi connectivity index (χ4n) is 1.75. The maximum absolute atomic E-state index is 12.1. The van der Waals surface area contributed by atoms with Crippen LogP contribution in [0.25, 0.3) is 0 Å². The number of aryl methyl sites for hydroxylation is 1. The molecule has 0 aliphatic carbocycles. The van der Waals surface area contributed by atoms with Gasteiger partial charge in [0.15, 0.2) is 0 Å². The van der Waals surface area contributed by atoms with Gasteiger partial charge in [-0.2, -0.15) is 0 Å². The Hall–Kier alpha value is -2.32. The number of likely N-dealkylation sites (N-methyl/N-ethyl adjacent to an activating group) is 1. The number of rotatable bonds is 4. The summed E-state index contributed by atoms with van der Waals surface area (Å²) in [5, 5.41) is 14.0. The molecule has 2 amide bonds. The maximum atomic E-state index is 12.1. The highest BCUT2D eigenvalue weighted by atomic mass is 16.2. The minimum atomic E-state index is -0.591. The number of carbonyl (C=O) groups excluding carboxylic acids is 2. The van der Waals surface area contributed by atoms with Crippen LogP contribution < -0.4 is 10.6 Å². The number of hydrogen-bond donors (Lipinski definition) is 3. The number of hydrogen-bond acceptors (Lipinski definition) is 3. The molecule has 0 bridgehead atoms. The van der Waals surface area contributed by atoms with Gasteiger partial charge < -0.3 is 15.7 Å². The first kappa shape index (κ1) is 16.7. The van der Waals surface area contributed by atoms with Crippen molar-refractivity contribution in [1.82, 2.24) is 10.6 Å². The molecule has 0 aromatic heterocycles. The second kappa shape index (κ2) is 8.08. The average molecular weight is 288 g/mol. The van der Waals surface area contributed by atoms with E-state index >= 15 is 0 Å². The summed E-state index contributed by atoms with van der Waals surface area (Å²) in [6, 6.07) is 4.49. The minimum Gasteiger partial charge on any atom is -0.384 e. The van der Waals surface area contributed by atoms with E-state index in [1.165, 1.54) is 0 Å². The molecule has 1 rings (SSSR count).